The van der Waals surface area contributed by atoms with Gasteiger partial charge in [-0.3, -0.25) is 9.59 Å². The molecule has 0 atom stereocenters. The summed E-state index contributed by atoms with van der Waals surface area (Å²) in [6.45, 7) is 0.468. The molecular weight excluding hydrogens is 302 g/mol. The minimum absolute atomic E-state index is 0.0420. The Morgan fingerprint density at radius 2 is 2.32 bits per heavy atom. The predicted octanol–water partition coefficient (Wildman–Crippen LogP) is 1.68. The third kappa shape index (κ3) is 2.81. The first kappa shape index (κ1) is 14.6. The lowest BCUT2D eigenvalue weighted by Crippen LogP contribution is -2.24. The molecule has 22 heavy (non-hydrogen) atoms. The van der Waals surface area contributed by atoms with E-state index in [-0.39, 0.29) is 18.4 Å². The molecule has 0 unspecified atom stereocenters. The predicted molar refractivity (Wildman–Crippen MR) is 85.6 cm³/mol. The van der Waals surface area contributed by atoms with Gasteiger partial charge in [0.2, 0.25) is 0 Å². The molecule has 0 fully saturated rings. The van der Waals surface area contributed by atoms with Crippen LogP contribution in [0.5, 0.6) is 0 Å². The van der Waals surface area contributed by atoms with Gasteiger partial charge >= 0.3 is 0 Å². The summed E-state index contributed by atoms with van der Waals surface area (Å²) in [5.41, 5.74) is 2.12. The van der Waals surface area contributed by atoms with Crippen LogP contribution in [-0.4, -0.2) is 35.1 Å². The van der Waals surface area contributed by atoms with Gasteiger partial charge in [-0.2, -0.15) is 0 Å². The molecule has 2 amide bonds. The zero-order valence-corrected chi connectivity index (χ0v) is 12.5. The van der Waals surface area contributed by atoms with Crippen molar-refractivity contribution in [2.75, 3.05) is 18.5 Å². The molecule has 0 radical (unpaired) electrons. The number of aromatic amines is 1. The van der Waals surface area contributed by atoms with Crippen LogP contribution in [0.2, 0.25) is 0 Å². The van der Waals surface area contributed by atoms with Gasteiger partial charge in [-0.25, -0.2) is 0 Å². The molecule has 0 saturated heterocycles. The van der Waals surface area contributed by atoms with Gasteiger partial charge in [0.25, 0.3) is 11.8 Å². The Morgan fingerprint density at radius 3 is 3.05 bits per heavy atom. The first-order chi connectivity index (χ1) is 10.7. The Bertz CT molecular complexity index is 731. The zero-order valence-electron chi connectivity index (χ0n) is 11.7. The molecule has 0 spiro atoms. The van der Waals surface area contributed by atoms with Crippen molar-refractivity contribution in [1.29, 1.82) is 0 Å². The van der Waals surface area contributed by atoms with E-state index in [1.54, 1.807) is 18.3 Å². The van der Waals surface area contributed by atoms with Crippen LogP contribution in [0.15, 0.2) is 24.4 Å². The number of aromatic nitrogens is 1. The van der Waals surface area contributed by atoms with Crippen molar-refractivity contribution >= 4 is 39.8 Å². The zero-order chi connectivity index (χ0) is 15.5. The van der Waals surface area contributed by atoms with Crippen LogP contribution in [0.25, 0.3) is 11.6 Å². The van der Waals surface area contributed by atoms with Gasteiger partial charge in [0.15, 0.2) is 0 Å². The quantitative estimate of drug-likeness (QED) is 0.499. The average molecular weight is 317 g/mol. The van der Waals surface area contributed by atoms with E-state index >= 15 is 0 Å². The molecule has 6 nitrogen and oxygen atoms in total. The highest BCUT2D eigenvalue weighted by Gasteiger charge is 2.28. The normalized spacial score (nSPS) is 15.0. The highest BCUT2D eigenvalue weighted by molar-refractivity contribution is 7.18. The summed E-state index contributed by atoms with van der Waals surface area (Å²) in [6, 6.07) is 5.45. The Hall–Kier alpha value is -2.38. The van der Waals surface area contributed by atoms with Crippen molar-refractivity contribution in [1.82, 2.24) is 10.3 Å². The summed E-state index contributed by atoms with van der Waals surface area (Å²) in [5.74, 6) is -0.357. The maximum Gasteiger partial charge on any atom is 0.261 e. The molecule has 0 bridgehead atoms. The molecule has 4 N–H and O–H groups in total. The minimum atomic E-state index is -0.193. The summed E-state index contributed by atoms with van der Waals surface area (Å²) in [5, 5.41) is 14.9. The molecule has 0 aromatic carbocycles. The van der Waals surface area contributed by atoms with Crippen molar-refractivity contribution in [3.8, 4) is 0 Å². The van der Waals surface area contributed by atoms with Gasteiger partial charge in [0.05, 0.1) is 10.5 Å². The second kappa shape index (κ2) is 6.17. The molecule has 0 saturated carbocycles. The van der Waals surface area contributed by atoms with Crippen LogP contribution in [0.3, 0.4) is 0 Å². The van der Waals surface area contributed by atoms with E-state index in [0.29, 0.717) is 28.4 Å². The number of nitrogens with one attached hydrogen (secondary N) is 3. The van der Waals surface area contributed by atoms with Crippen molar-refractivity contribution < 1.29 is 14.7 Å². The van der Waals surface area contributed by atoms with Crippen LogP contribution in [-0.2, 0) is 4.79 Å². The number of hydrogen-bond donors (Lipinski definition) is 4. The van der Waals surface area contributed by atoms with Crippen LogP contribution in [0.1, 0.15) is 27.3 Å². The van der Waals surface area contributed by atoms with Gasteiger partial charge < -0.3 is 20.7 Å². The number of carbonyl (C=O) groups is 2. The Labute approximate surface area is 130 Å². The van der Waals surface area contributed by atoms with Gasteiger partial charge in [-0.15, -0.1) is 11.3 Å². The standard InChI is InChI=1S/C15H15N3O3S/c19-6-2-5-17-14(21)12-8-11-10(7-9-3-1-4-16-9)13(20)18-15(11)22-12/h1,3-4,7-8,16,19H,2,5-6H2,(H,17,21)(H,18,20)/b10-7+. The van der Waals surface area contributed by atoms with Crippen LogP contribution < -0.4 is 10.6 Å². The molecule has 1 aliphatic rings. The van der Waals surface area contributed by atoms with E-state index in [1.807, 2.05) is 12.1 Å². The largest absolute Gasteiger partial charge is 0.396 e. The smallest absolute Gasteiger partial charge is 0.261 e. The SMILES string of the molecule is O=C1Nc2sc(C(=O)NCCCO)cc2/C1=C\c1ccc[nH]1. The van der Waals surface area contributed by atoms with Crippen LogP contribution in [0, 0.1) is 0 Å². The number of thiophene rings is 1. The monoisotopic (exact) mass is 317 g/mol. The molecule has 0 aliphatic carbocycles. The van der Waals surface area contributed by atoms with E-state index in [0.717, 1.165) is 11.3 Å². The number of rotatable bonds is 5. The van der Waals surface area contributed by atoms with Gasteiger partial charge in [0.1, 0.15) is 5.00 Å². The van der Waals surface area contributed by atoms with Gasteiger partial charge in [-0.05, 0) is 30.7 Å². The second-order valence-electron chi connectivity index (χ2n) is 4.82. The molecule has 2 aromatic rings. The number of hydrogen-bond acceptors (Lipinski definition) is 4. The van der Waals surface area contributed by atoms with Crippen molar-refractivity contribution in [2.24, 2.45) is 0 Å². The number of amides is 2. The minimum Gasteiger partial charge on any atom is -0.396 e. The van der Waals surface area contributed by atoms with Crippen LogP contribution >= 0.6 is 11.3 Å². The fraction of sp³-hybridized carbons (Fsp3) is 0.200. The maximum atomic E-state index is 12.0. The lowest BCUT2D eigenvalue weighted by molar-refractivity contribution is -0.110. The van der Waals surface area contributed by atoms with E-state index < -0.39 is 0 Å². The van der Waals surface area contributed by atoms with Crippen LogP contribution in [0.4, 0.5) is 5.00 Å². The Kier molecular flexibility index (Phi) is 4.08. The summed E-state index contributed by atoms with van der Waals surface area (Å²) >= 11 is 1.25. The summed E-state index contributed by atoms with van der Waals surface area (Å²) in [7, 11) is 0. The molecule has 2 aromatic heterocycles. The summed E-state index contributed by atoms with van der Waals surface area (Å²) in [6.07, 6.45) is 4.07. The number of carbonyl (C=O) groups excluding carboxylic acids is 2. The second-order valence-corrected chi connectivity index (χ2v) is 5.88. The first-order valence-corrected chi connectivity index (χ1v) is 7.70. The molecule has 7 heteroatoms. The molecule has 3 heterocycles. The van der Waals surface area contributed by atoms with Gasteiger partial charge in [0, 0.05) is 30.6 Å². The topological polar surface area (TPSA) is 94.2 Å². The third-order valence-electron chi connectivity index (χ3n) is 3.26. The Morgan fingerprint density at radius 1 is 1.45 bits per heavy atom. The van der Waals surface area contributed by atoms with E-state index in [2.05, 4.69) is 15.6 Å². The number of anilines is 1. The third-order valence-corrected chi connectivity index (χ3v) is 4.31. The highest BCUT2D eigenvalue weighted by atomic mass is 32.1. The van der Waals surface area contributed by atoms with E-state index in [1.165, 1.54) is 11.3 Å². The van der Waals surface area contributed by atoms with Crippen molar-refractivity contribution in [3.63, 3.8) is 0 Å². The molecule has 1 aliphatic heterocycles. The lowest BCUT2D eigenvalue weighted by Gasteiger charge is -2.01. The van der Waals surface area contributed by atoms with Crippen molar-refractivity contribution in [3.05, 3.63) is 40.5 Å². The number of H-pyrrole nitrogens is 1. The fourth-order valence-corrected chi connectivity index (χ4v) is 3.17. The first-order valence-electron chi connectivity index (χ1n) is 6.88. The van der Waals surface area contributed by atoms with E-state index in [9.17, 15) is 9.59 Å². The molecule has 3 rings (SSSR count). The van der Waals surface area contributed by atoms with Gasteiger partial charge in [-0.1, -0.05) is 0 Å². The summed E-state index contributed by atoms with van der Waals surface area (Å²) < 4.78 is 0. The number of fused-ring (bicyclic) bond motifs is 1. The fourth-order valence-electron chi connectivity index (χ4n) is 2.19. The number of aliphatic hydroxyl groups is 1. The number of aliphatic hydroxyl groups excluding tert-OH is 1. The average Bonchev–Trinajstić information content (AvgIpc) is 3.18. The molecular formula is C15H15N3O3S. The lowest BCUT2D eigenvalue weighted by atomic mass is 10.1. The molecule has 114 valence electrons. The highest BCUT2D eigenvalue weighted by Crippen LogP contribution is 2.39. The summed E-state index contributed by atoms with van der Waals surface area (Å²) in [4.78, 5) is 27.6. The Balaban J connectivity index is 1.83. The maximum absolute atomic E-state index is 12.0. The van der Waals surface area contributed by atoms with E-state index in [4.69, 9.17) is 5.11 Å². The van der Waals surface area contributed by atoms with Crippen molar-refractivity contribution in [2.45, 2.75) is 6.42 Å².